The van der Waals surface area contributed by atoms with Crippen LogP contribution in [-0.2, 0) is 21.2 Å². The fourth-order valence-corrected chi connectivity index (χ4v) is 5.20. The number of nitrogens with two attached hydrogens (primary N) is 1. The highest BCUT2D eigenvalue weighted by molar-refractivity contribution is 7.89. The maximum Gasteiger partial charge on any atom is 0.241 e. The Morgan fingerprint density at radius 3 is 2.53 bits per heavy atom. The first-order valence-electron chi connectivity index (χ1n) is 11.1. The summed E-state index contributed by atoms with van der Waals surface area (Å²) in [6.07, 6.45) is 2.54. The van der Waals surface area contributed by atoms with Crippen LogP contribution in [0.1, 0.15) is 36.5 Å². The van der Waals surface area contributed by atoms with Gasteiger partial charge in [-0.15, -0.1) is 0 Å². The molecule has 0 radical (unpaired) electrons. The first kappa shape index (κ1) is 22.8. The molecule has 0 saturated carbocycles. The lowest BCUT2D eigenvalue weighted by atomic mass is 10.1. The third-order valence-electron chi connectivity index (χ3n) is 6.39. The molecule has 0 aliphatic carbocycles. The lowest BCUT2D eigenvalue weighted by molar-refractivity contribution is -0.120. The van der Waals surface area contributed by atoms with Crippen molar-refractivity contribution in [3.05, 3.63) is 53.1 Å². The molecule has 32 heavy (non-hydrogen) atoms. The van der Waals surface area contributed by atoms with Crippen LogP contribution in [0.15, 0.2) is 41.3 Å². The number of anilines is 1. The van der Waals surface area contributed by atoms with Crippen LogP contribution in [0.5, 0.6) is 5.75 Å². The van der Waals surface area contributed by atoms with E-state index in [1.54, 1.807) is 17.0 Å². The summed E-state index contributed by atoms with van der Waals surface area (Å²) in [5, 5.41) is 5.25. The number of benzene rings is 2. The van der Waals surface area contributed by atoms with Crippen LogP contribution in [-0.4, -0.2) is 51.0 Å². The van der Waals surface area contributed by atoms with E-state index in [4.69, 9.17) is 9.88 Å². The van der Waals surface area contributed by atoms with Gasteiger partial charge in [0.2, 0.25) is 15.9 Å². The molecule has 1 atom stereocenters. The number of likely N-dealkylation sites (tertiary alicyclic amines) is 1. The number of carbonyl (C=O) groups excluding carboxylic acids is 1. The first-order chi connectivity index (χ1) is 15.1. The van der Waals surface area contributed by atoms with Gasteiger partial charge >= 0.3 is 0 Å². The molecule has 1 saturated heterocycles. The monoisotopic (exact) mass is 457 g/mol. The van der Waals surface area contributed by atoms with E-state index in [1.165, 1.54) is 11.6 Å². The summed E-state index contributed by atoms with van der Waals surface area (Å²) in [5.74, 6) is 0.981. The maximum atomic E-state index is 13.1. The Morgan fingerprint density at radius 1 is 1.12 bits per heavy atom. The Morgan fingerprint density at radius 2 is 1.84 bits per heavy atom. The molecular formula is C24H31N3O4S. The van der Waals surface area contributed by atoms with Gasteiger partial charge in [-0.1, -0.05) is 12.1 Å². The molecule has 2 aliphatic rings. The van der Waals surface area contributed by atoms with Gasteiger partial charge in [-0.2, -0.15) is 0 Å². The van der Waals surface area contributed by atoms with Crippen molar-refractivity contribution in [1.82, 2.24) is 4.90 Å². The summed E-state index contributed by atoms with van der Waals surface area (Å²) in [6, 6.07) is 11.0. The van der Waals surface area contributed by atoms with E-state index in [0.717, 1.165) is 48.5 Å². The van der Waals surface area contributed by atoms with Gasteiger partial charge in [0.25, 0.3) is 0 Å². The lowest BCUT2D eigenvalue weighted by Gasteiger charge is -2.33. The molecule has 172 valence electrons. The van der Waals surface area contributed by atoms with E-state index < -0.39 is 10.0 Å². The summed E-state index contributed by atoms with van der Waals surface area (Å²) < 4.78 is 29.5. The van der Waals surface area contributed by atoms with E-state index in [2.05, 4.69) is 36.9 Å². The van der Waals surface area contributed by atoms with Crippen LogP contribution in [0, 0.1) is 13.8 Å². The molecule has 0 bridgehead atoms. The third kappa shape index (κ3) is 4.82. The normalized spacial score (nSPS) is 19.8. The number of rotatable bonds is 5. The number of nitrogens with zero attached hydrogens (tertiary/aromatic N) is 2. The van der Waals surface area contributed by atoms with Crippen LogP contribution in [0.4, 0.5) is 5.69 Å². The second-order valence-electron chi connectivity index (χ2n) is 9.01. The highest BCUT2D eigenvalue weighted by Crippen LogP contribution is 2.34. The Balaban J connectivity index is 1.36. The van der Waals surface area contributed by atoms with Gasteiger partial charge in [-0.25, -0.2) is 13.6 Å². The molecule has 0 aromatic heterocycles. The van der Waals surface area contributed by atoms with Crippen LogP contribution in [0.2, 0.25) is 0 Å². The van der Waals surface area contributed by atoms with Crippen molar-refractivity contribution in [2.24, 2.45) is 5.14 Å². The number of sulfonamides is 1. The molecule has 4 rings (SSSR count). The lowest BCUT2D eigenvalue weighted by Crippen LogP contribution is -2.46. The van der Waals surface area contributed by atoms with Crippen molar-refractivity contribution < 1.29 is 17.9 Å². The number of hydrogen-bond acceptors (Lipinski definition) is 5. The summed E-state index contributed by atoms with van der Waals surface area (Å²) in [6.45, 7) is 8.06. The van der Waals surface area contributed by atoms with Crippen molar-refractivity contribution in [3.63, 3.8) is 0 Å². The van der Waals surface area contributed by atoms with Gasteiger partial charge in [0, 0.05) is 24.8 Å². The average Bonchev–Trinajstić information content (AvgIpc) is 3.06. The second kappa shape index (κ2) is 8.84. The molecule has 7 nitrogen and oxygen atoms in total. The van der Waals surface area contributed by atoms with Crippen LogP contribution in [0.3, 0.4) is 0 Å². The van der Waals surface area contributed by atoms with Crippen LogP contribution >= 0.6 is 0 Å². The smallest absolute Gasteiger partial charge is 0.241 e. The standard InChI is InChI=1S/C24H31N3O4S/c1-16-4-5-17(2)23(12-16)31-20-8-10-26(11-9-20)15-24(28)27-18(3)13-19-14-21(32(25,29)30)6-7-22(19)27/h4-7,12,14,18,20H,8-11,13,15H2,1-3H3,(H2,25,29,30). The van der Waals surface area contributed by atoms with Crippen LogP contribution in [0.25, 0.3) is 0 Å². The van der Waals surface area contributed by atoms with Gasteiger partial charge in [0.05, 0.1) is 11.4 Å². The number of piperidine rings is 1. The number of carbonyl (C=O) groups is 1. The minimum Gasteiger partial charge on any atom is -0.490 e. The van der Waals surface area contributed by atoms with Gasteiger partial charge in [-0.05, 0) is 81.0 Å². The van der Waals surface area contributed by atoms with Crippen molar-refractivity contribution in [1.29, 1.82) is 0 Å². The third-order valence-corrected chi connectivity index (χ3v) is 7.31. The van der Waals surface area contributed by atoms with Gasteiger partial charge in [0.15, 0.2) is 0 Å². The predicted molar refractivity (Wildman–Crippen MR) is 124 cm³/mol. The molecule has 2 heterocycles. The molecule has 2 aliphatic heterocycles. The van der Waals surface area contributed by atoms with Crippen molar-refractivity contribution in [3.8, 4) is 5.75 Å². The number of hydrogen-bond donors (Lipinski definition) is 1. The number of ether oxygens (including phenoxy) is 1. The Labute approximate surface area is 190 Å². The SMILES string of the molecule is Cc1ccc(C)c(OC2CCN(CC(=O)N3c4ccc(S(N)(=O)=O)cc4CC3C)CC2)c1. The zero-order valence-electron chi connectivity index (χ0n) is 18.9. The zero-order valence-corrected chi connectivity index (χ0v) is 19.7. The van der Waals surface area contributed by atoms with Crippen molar-refractivity contribution >= 4 is 21.6 Å². The van der Waals surface area contributed by atoms with E-state index in [0.29, 0.717) is 13.0 Å². The average molecular weight is 458 g/mol. The number of fused-ring (bicyclic) bond motifs is 1. The summed E-state index contributed by atoms with van der Waals surface area (Å²) >= 11 is 0. The number of amides is 1. The Hall–Kier alpha value is -2.42. The summed E-state index contributed by atoms with van der Waals surface area (Å²) in [4.78, 5) is 17.2. The van der Waals surface area contributed by atoms with E-state index in [9.17, 15) is 13.2 Å². The molecule has 2 aromatic carbocycles. The largest absolute Gasteiger partial charge is 0.490 e. The summed E-state index contributed by atoms with van der Waals surface area (Å²) in [7, 11) is -3.76. The molecule has 1 unspecified atom stereocenters. The van der Waals surface area contributed by atoms with Gasteiger partial charge in [-0.3, -0.25) is 9.69 Å². The van der Waals surface area contributed by atoms with E-state index >= 15 is 0 Å². The van der Waals surface area contributed by atoms with E-state index in [1.807, 2.05) is 6.92 Å². The minimum atomic E-state index is -3.76. The quantitative estimate of drug-likeness (QED) is 0.745. The molecule has 8 heteroatoms. The maximum absolute atomic E-state index is 13.1. The highest BCUT2D eigenvalue weighted by atomic mass is 32.2. The van der Waals surface area contributed by atoms with Gasteiger partial charge in [0.1, 0.15) is 11.9 Å². The van der Waals surface area contributed by atoms with Crippen LogP contribution < -0.4 is 14.8 Å². The summed E-state index contributed by atoms with van der Waals surface area (Å²) in [5.41, 5.74) is 3.95. The minimum absolute atomic E-state index is 0.0154. The fraction of sp³-hybridized carbons (Fsp3) is 0.458. The van der Waals surface area contributed by atoms with Gasteiger partial charge < -0.3 is 9.64 Å². The molecule has 0 spiro atoms. The number of aryl methyl sites for hydroxylation is 2. The molecular weight excluding hydrogens is 426 g/mol. The first-order valence-corrected chi connectivity index (χ1v) is 12.6. The number of primary sulfonamides is 1. The molecule has 1 fully saturated rings. The second-order valence-corrected chi connectivity index (χ2v) is 10.6. The highest BCUT2D eigenvalue weighted by Gasteiger charge is 2.33. The Kier molecular flexibility index (Phi) is 6.29. The van der Waals surface area contributed by atoms with Crippen molar-refractivity contribution in [2.75, 3.05) is 24.5 Å². The zero-order chi connectivity index (χ0) is 23.0. The van der Waals surface area contributed by atoms with E-state index in [-0.39, 0.29) is 22.9 Å². The van der Waals surface area contributed by atoms with Crippen molar-refractivity contribution in [2.45, 2.75) is 57.1 Å². The topological polar surface area (TPSA) is 92.9 Å². The fourth-order valence-electron chi connectivity index (χ4n) is 4.63. The predicted octanol–water partition coefficient (Wildman–Crippen LogP) is 2.77. The Bertz CT molecular complexity index is 1120. The molecule has 2 N–H and O–H groups in total. The molecule has 2 aromatic rings. The molecule has 1 amide bonds.